The van der Waals surface area contributed by atoms with Gasteiger partial charge in [-0.05, 0) is 67.6 Å². The lowest BCUT2D eigenvalue weighted by molar-refractivity contribution is -0.123. The third-order valence-corrected chi connectivity index (χ3v) is 9.65. The molecule has 0 fully saturated rings. The first kappa shape index (κ1) is 37.2. The molecule has 0 aliphatic carbocycles. The fourth-order valence-corrected chi connectivity index (χ4v) is 6.58. The Morgan fingerprint density at radius 2 is 1.67 bits per heavy atom. The Morgan fingerprint density at radius 1 is 0.878 bits per heavy atom. The number of sulfonamides is 1. The number of aromatic amines is 1. The second-order valence-corrected chi connectivity index (χ2v) is 14.7. The van der Waals surface area contributed by atoms with Crippen molar-refractivity contribution in [2.75, 3.05) is 21.9 Å². The normalized spacial score (nSPS) is 12.8. The Hall–Kier alpha value is -4.58. The van der Waals surface area contributed by atoms with Gasteiger partial charge in [0.25, 0.3) is 10.0 Å². The Morgan fingerprint density at radius 3 is 2.43 bits per heavy atom. The van der Waals surface area contributed by atoms with Gasteiger partial charge in [0, 0.05) is 48.0 Å². The van der Waals surface area contributed by atoms with E-state index in [4.69, 9.17) is 0 Å². The number of hydrogen-bond donors (Lipinski definition) is 6. The predicted molar refractivity (Wildman–Crippen MR) is 198 cm³/mol. The van der Waals surface area contributed by atoms with Gasteiger partial charge in [-0.15, -0.1) is 0 Å². The molecule has 2 aromatic heterocycles. The molecule has 0 radical (unpaired) electrons. The van der Waals surface area contributed by atoms with Crippen LogP contribution in [0.3, 0.4) is 0 Å². The molecule has 0 saturated carbocycles. The number of amides is 3. The van der Waals surface area contributed by atoms with Crippen molar-refractivity contribution in [2.24, 2.45) is 5.92 Å². The Bertz CT molecular complexity index is 1760. The molecule has 12 heteroatoms. The minimum atomic E-state index is -3.93. The number of pyridine rings is 1. The number of anilines is 3. The molecule has 3 amide bonds. The standard InChI is InChI=1S/C37H51N7O4S/c1-5-6-7-10-21-38-35-20-19-31(25-40-35)49(47,48)44-30-16-12-15-29(23-30)42-37(46)43-34(36(45)41-27(4)14-11-13-26(2)3)22-28-24-39-33-18-9-8-17-32(28)33/h8-9,12,15-20,23-27,34,39,44H,5-7,10-11,13-14,21-22H2,1-4H3,(H,38,40)(H,41,45)(H2,42,43,46)/t27?,34-/m1/s1. The van der Waals surface area contributed by atoms with E-state index in [0.29, 0.717) is 17.4 Å². The molecule has 0 spiro atoms. The molecule has 2 heterocycles. The molecule has 11 nitrogen and oxygen atoms in total. The second-order valence-electron chi connectivity index (χ2n) is 13.0. The van der Waals surface area contributed by atoms with Crippen LogP contribution in [0.4, 0.5) is 22.0 Å². The molecular formula is C37H51N7O4S. The number of nitrogens with zero attached hydrogens (tertiary/aromatic N) is 1. The maximum atomic E-state index is 13.5. The summed E-state index contributed by atoms with van der Waals surface area (Å²) in [6.45, 7) is 9.27. The van der Waals surface area contributed by atoms with Crippen LogP contribution in [-0.4, -0.2) is 49.0 Å². The summed E-state index contributed by atoms with van der Waals surface area (Å²) in [7, 11) is -3.93. The van der Waals surface area contributed by atoms with Crippen molar-refractivity contribution in [2.45, 2.75) is 96.0 Å². The zero-order valence-corrected chi connectivity index (χ0v) is 29.8. The number of hydrogen-bond acceptors (Lipinski definition) is 6. The van der Waals surface area contributed by atoms with E-state index < -0.39 is 22.1 Å². The summed E-state index contributed by atoms with van der Waals surface area (Å²) in [5.74, 6) is 0.933. The number of H-pyrrole nitrogens is 1. The quantitative estimate of drug-likeness (QED) is 0.0563. The number of unbranched alkanes of at least 4 members (excludes halogenated alkanes) is 3. The van der Waals surface area contributed by atoms with E-state index in [1.807, 2.05) is 37.4 Å². The van der Waals surface area contributed by atoms with Gasteiger partial charge in [-0.2, -0.15) is 0 Å². The van der Waals surface area contributed by atoms with Gasteiger partial charge in [-0.3, -0.25) is 9.52 Å². The summed E-state index contributed by atoms with van der Waals surface area (Å²) in [5, 5.41) is 12.9. The number of urea groups is 1. The van der Waals surface area contributed by atoms with Crippen LogP contribution in [0.25, 0.3) is 10.9 Å². The summed E-state index contributed by atoms with van der Waals surface area (Å²) >= 11 is 0. The van der Waals surface area contributed by atoms with E-state index in [9.17, 15) is 18.0 Å². The van der Waals surface area contributed by atoms with E-state index in [2.05, 4.69) is 56.7 Å². The third kappa shape index (κ3) is 11.8. The molecule has 4 rings (SSSR count). The number of carbonyl (C=O) groups excluding carboxylic acids is 2. The number of rotatable bonds is 19. The fraction of sp³-hybridized carbons (Fsp3) is 0.432. The highest BCUT2D eigenvalue weighted by Crippen LogP contribution is 2.22. The fourth-order valence-electron chi connectivity index (χ4n) is 5.59. The first-order chi connectivity index (χ1) is 23.5. The van der Waals surface area contributed by atoms with Gasteiger partial charge in [-0.25, -0.2) is 18.2 Å². The van der Waals surface area contributed by atoms with Crippen LogP contribution in [0, 0.1) is 5.92 Å². The smallest absolute Gasteiger partial charge is 0.319 e. The minimum absolute atomic E-state index is 0.0182. The monoisotopic (exact) mass is 689 g/mol. The van der Waals surface area contributed by atoms with Crippen molar-refractivity contribution in [3.63, 3.8) is 0 Å². The molecular weight excluding hydrogens is 639 g/mol. The third-order valence-electron chi connectivity index (χ3n) is 8.28. The van der Waals surface area contributed by atoms with Gasteiger partial charge in [-0.1, -0.05) is 77.1 Å². The SMILES string of the molecule is CCCCCCNc1ccc(S(=O)(=O)Nc2cccc(NC(=O)N[C@H](Cc3c[nH]c4ccccc34)C(=O)NC(C)CCCC(C)C)c2)cn1. The van der Waals surface area contributed by atoms with Crippen molar-refractivity contribution in [1.82, 2.24) is 20.6 Å². The topological polar surface area (TPSA) is 157 Å². The van der Waals surface area contributed by atoms with Crippen molar-refractivity contribution < 1.29 is 18.0 Å². The average Bonchev–Trinajstić information content (AvgIpc) is 3.47. The first-order valence-corrected chi connectivity index (χ1v) is 18.8. The van der Waals surface area contributed by atoms with Gasteiger partial charge < -0.3 is 26.3 Å². The van der Waals surface area contributed by atoms with Gasteiger partial charge in [0.1, 0.15) is 16.8 Å². The highest BCUT2D eigenvalue weighted by atomic mass is 32.2. The Balaban J connectivity index is 1.39. The highest BCUT2D eigenvalue weighted by molar-refractivity contribution is 7.92. The van der Waals surface area contributed by atoms with E-state index >= 15 is 0 Å². The van der Waals surface area contributed by atoms with Crippen LogP contribution in [0.15, 0.2) is 78.0 Å². The summed E-state index contributed by atoms with van der Waals surface area (Å²) in [6, 6.07) is 15.9. The van der Waals surface area contributed by atoms with Crippen LogP contribution in [0.5, 0.6) is 0 Å². The van der Waals surface area contributed by atoms with Gasteiger partial charge in [0.15, 0.2) is 0 Å². The van der Waals surface area contributed by atoms with Crippen LogP contribution in [0.2, 0.25) is 0 Å². The maximum Gasteiger partial charge on any atom is 0.319 e. The lowest BCUT2D eigenvalue weighted by Crippen LogP contribution is -2.51. The van der Waals surface area contributed by atoms with Gasteiger partial charge >= 0.3 is 6.03 Å². The molecule has 1 unspecified atom stereocenters. The zero-order chi connectivity index (χ0) is 35.2. The van der Waals surface area contributed by atoms with Crippen LogP contribution in [-0.2, 0) is 21.2 Å². The van der Waals surface area contributed by atoms with Gasteiger partial charge in [0.2, 0.25) is 5.91 Å². The van der Waals surface area contributed by atoms with Crippen LogP contribution < -0.4 is 26.0 Å². The average molecular weight is 690 g/mol. The second kappa shape index (κ2) is 18.3. The summed E-state index contributed by atoms with van der Waals surface area (Å²) in [6.07, 6.45) is 10.9. The Kier molecular flexibility index (Phi) is 13.9. The Labute approximate surface area is 290 Å². The van der Waals surface area contributed by atoms with E-state index in [0.717, 1.165) is 61.5 Å². The molecule has 6 N–H and O–H groups in total. The van der Waals surface area contributed by atoms with Crippen molar-refractivity contribution in [3.8, 4) is 0 Å². The number of fused-ring (bicyclic) bond motifs is 1. The number of benzene rings is 2. The van der Waals surface area contributed by atoms with Crippen molar-refractivity contribution in [1.29, 1.82) is 0 Å². The number of aromatic nitrogens is 2. The highest BCUT2D eigenvalue weighted by Gasteiger charge is 2.24. The molecule has 0 aliphatic rings. The molecule has 264 valence electrons. The largest absolute Gasteiger partial charge is 0.370 e. The maximum absolute atomic E-state index is 13.5. The summed E-state index contributed by atoms with van der Waals surface area (Å²) in [5.41, 5.74) is 2.47. The predicted octanol–water partition coefficient (Wildman–Crippen LogP) is 7.42. The lowest BCUT2D eigenvalue weighted by Gasteiger charge is -2.22. The number of carbonyl (C=O) groups is 2. The van der Waals surface area contributed by atoms with Crippen LogP contribution >= 0.6 is 0 Å². The molecule has 2 aromatic carbocycles. The van der Waals surface area contributed by atoms with Crippen molar-refractivity contribution >= 4 is 50.1 Å². The number of nitrogens with one attached hydrogen (secondary N) is 6. The van der Waals surface area contributed by atoms with E-state index in [1.165, 1.54) is 24.8 Å². The minimum Gasteiger partial charge on any atom is -0.370 e. The molecule has 4 aromatic rings. The number of para-hydroxylation sites is 1. The van der Waals surface area contributed by atoms with Gasteiger partial charge in [0.05, 0.1) is 5.69 Å². The van der Waals surface area contributed by atoms with Crippen LogP contribution in [0.1, 0.15) is 78.2 Å². The summed E-state index contributed by atoms with van der Waals surface area (Å²) < 4.78 is 28.8. The van der Waals surface area contributed by atoms with E-state index in [-0.39, 0.29) is 29.0 Å². The molecule has 49 heavy (non-hydrogen) atoms. The molecule has 0 saturated heterocycles. The lowest BCUT2D eigenvalue weighted by atomic mass is 10.0. The van der Waals surface area contributed by atoms with E-state index in [1.54, 1.807) is 24.3 Å². The molecule has 2 atom stereocenters. The summed E-state index contributed by atoms with van der Waals surface area (Å²) in [4.78, 5) is 34.3. The zero-order valence-electron chi connectivity index (χ0n) is 29.0. The van der Waals surface area contributed by atoms with Crippen molar-refractivity contribution in [3.05, 3.63) is 78.6 Å². The molecule has 0 aliphatic heterocycles. The first-order valence-electron chi connectivity index (χ1n) is 17.3. The molecule has 0 bridgehead atoms.